The van der Waals surface area contributed by atoms with Crippen molar-refractivity contribution in [3.63, 3.8) is 0 Å². The molecule has 32 valence electrons. The van der Waals surface area contributed by atoms with Crippen LogP contribution >= 0.6 is 0 Å². The van der Waals surface area contributed by atoms with Gasteiger partial charge in [0, 0.05) is 262 Å². The van der Waals surface area contributed by atoms with Crippen LogP contribution < -0.4 is 0 Å². The van der Waals surface area contributed by atoms with Gasteiger partial charge in [0.25, 0.3) is 0 Å². The Morgan fingerprint density at radius 3 is 0.250 bits per heavy atom. The Labute approximate surface area is 252 Å². The minimum Gasteiger partial charge on any atom is 0 e. The Morgan fingerprint density at radius 1 is 0.250 bits per heavy atom. The van der Waals surface area contributed by atoms with Crippen molar-refractivity contribution < 1.29 is 209 Å². The fraction of sp³-hybridized carbons (Fsp3) is 0. The summed E-state index contributed by atoms with van der Waals surface area (Å²) in [4.78, 5) is 0. The monoisotopic (exact) mass is 921 g/mol. The molecule has 0 rings (SSSR count). The minimum absolute atomic E-state index is 0. The maximum absolute atomic E-state index is 0. The van der Waals surface area contributed by atoms with Gasteiger partial charge in [-0.05, 0) is 0 Å². The van der Waals surface area contributed by atoms with Gasteiger partial charge in [0.15, 0.2) is 0 Å². The molecule has 0 nitrogen and oxygen atoms in total. The van der Waals surface area contributed by atoms with Gasteiger partial charge in [-0.3, -0.25) is 0 Å². The minimum atomic E-state index is 0. The Morgan fingerprint density at radius 2 is 0.250 bits per heavy atom. The summed E-state index contributed by atoms with van der Waals surface area (Å²) in [5.74, 6) is 0. The van der Waals surface area contributed by atoms with Gasteiger partial charge in [0.05, 0.1) is 0 Å². The Hall–Kier alpha value is 8.51. The second-order valence-electron chi connectivity index (χ2n) is 0. The van der Waals surface area contributed by atoms with Crippen LogP contribution in [0.25, 0.3) is 0 Å². The third-order valence-corrected chi connectivity index (χ3v) is 0. The fourth-order valence-electron chi connectivity index (χ4n) is 0. The smallest absolute Gasteiger partial charge is 0 e. The second-order valence-corrected chi connectivity index (χ2v) is 0. The van der Waals surface area contributed by atoms with Gasteiger partial charge in [-0.15, -0.1) is 0 Å². The van der Waals surface area contributed by atoms with Gasteiger partial charge < -0.3 is 0 Å². The summed E-state index contributed by atoms with van der Waals surface area (Å²) < 4.78 is 0. The maximum Gasteiger partial charge on any atom is 0 e. The maximum atomic E-state index is 0. The van der Waals surface area contributed by atoms with Gasteiger partial charge in [0.1, 0.15) is 0 Å². The average Bonchev–Trinajstić information content (AvgIpc) is 0. The zero-order chi connectivity index (χ0) is 0. The predicted octanol–water partition coefficient (Wildman–Crippen LogP) is -1.14. The van der Waals surface area contributed by atoms with Crippen LogP contribution in [0.2, 0.25) is 0 Å². The summed E-state index contributed by atoms with van der Waals surface area (Å²) >= 11 is 0. The number of hydrogen-bond donors (Lipinski definition) is 0. The molecule has 0 bridgehead atoms. The topological polar surface area (TPSA) is 0 Å². The van der Waals surface area contributed by atoms with Crippen LogP contribution in [-0.2, 0) is 0 Å². The van der Waals surface area contributed by atoms with E-state index in [0.29, 0.717) is 0 Å². The van der Waals surface area contributed by atoms with Crippen LogP contribution in [0.3, 0.4) is 0 Å². The normalized spacial score (nSPS) is 0. The Kier molecular flexibility index (Phi) is 309. The van der Waals surface area contributed by atoms with Crippen molar-refractivity contribution in [2.24, 2.45) is 0 Å². The predicted molar refractivity (Wildman–Crippen MR) is 17.3 cm³/mol. The van der Waals surface area contributed by atoms with Gasteiger partial charge in [-0.25, -0.2) is 0 Å². The van der Waals surface area contributed by atoms with E-state index in [1.807, 2.05) is 0 Å². The van der Waals surface area contributed by atoms with E-state index in [2.05, 4.69) is 0 Å². The molecular weight excluding hydrogens is 918 g/mol. The molecule has 0 fully saturated rings. The molecule has 0 amide bonds. The van der Waals surface area contributed by atoms with Crippen LogP contribution in [0.1, 0.15) is 0 Å². The standard InChI is InChI=1S/5Ce.3Ge. The molecule has 0 N–H and O–H groups in total. The summed E-state index contributed by atoms with van der Waals surface area (Å²) in [6, 6.07) is 0. The molecule has 0 unspecified atom stereocenters. The van der Waals surface area contributed by atoms with E-state index in [1.165, 1.54) is 0 Å². The number of hydrogen-bond acceptors (Lipinski definition) is 0. The zero-order valence-corrected chi connectivity index (χ0v) is 26.0. The van der Waals surface area contributed by atoms with Crippen molar-refractivity contribution in [3.05, 3.63) is 0 Å². The van der Waals surface area contributed by atoms with Crippen molar-refractivity contribution >= 4 is 52.8 Å². The van der Waals surface area contributed by atoms with E-state index in [-0.39, 0.29) is 262 Å². The van der Waals surface area contributed by atoms with Gasteiger partial charge >= 0.3 is 0 Å². The van der Waals surface area contributed by atoms with Crippen LogP contribution in [0.4, 0.5) is 0 Å². The third kappa shape index (κ3) is 36.6. The quantitative estimate of drug-likeness (QED) is 0.270. The van der Waals surface area contributed by atoms with Gasteiger partial charge in [-0.2, -0.15) is 0 Å². The molecule has 8 heavy (non-hydrogen) atoms. The summed E-state index contributed by atoms with van der Waals surface area (Å²) in [5, 5.41) is 0. The first-order valence-electron chi connectivity index (χ1n) is 0. The van der Waals surface area contributed by atoms with Gasteiger partial charge in [-0.1, -0.05) is 0 Å². The van der Waals surface area contributed by atoms with Crippen LogP contribution in [0.5, 0.6) is 0 Å². The summed E-state index contributed by atoms with van der Waals surface area (Å²) in [6.45, 7) is 0. The Balaban J connectivity index is 0. The van der Waals surface area contributed by atoms with Crippen LogP contribution in [0.15, 0.2) is 0 Å². The Bertz CT molecular complexity index is 7.64. The van der Waals surface area contributed by atoms with Crippen molar-refractivity contribution in [2.45, 2.75) is 0 Å². The van der Waals surface area contributed by atoms with E-state index in [1.54, 1.807) is 0 Å². The van der Waals surface area contributed by atoms with Gasteiger partial charge in [0.2, 0.25) is 0 Å². The van der Waals surface area contributed by atoms with E-state index in [0.717, 1.165) is 0 Å². The van der Waals surface area contributed by atoms with E-state index >= 15 is 0 Å². The second kappa shape index (κ2) is 45.1. The van der Waals surface area contributed by atoms with E-state index in [9.17, 15) is 0 Å². The molecule has 8 heteroatoms. The van der Waals surface area contributed by atoms with Crippen LogP contribution in [-0.4, -0.2) is 52.8 Å². The molecule has 0 aromatic rings. The van der Waals surface area contributed by atoms with Crippen molar-refractivity contribution in [1.82, 2.24) is 0 Å². The zero-order valence-electron chi connectivity index (χ0n) is 4.00. The van der Waals surface area contributed by atoms with Crippen molar-refractivity contribution in [2.75, 3.05) is 0 Å². The van der Waals surface area contributed by atoms with Crippen LogP contribution in [0, 0.1) is 209 Å². The first-order valence-corrected chi connectivity index (χ1v) is 0. The summed E-state index contributed by atoms with van der Waals surface area (Å²) in [5.41, 5.74) is 0. The van der Waals surface area contributed by atoms with Crippen molar-refractivity contribution in [3.8, 4) is 0 Å². The van der Waals surface area contributed by atoms with Crippen molar-refractivity contribution in [1.29, 1.82) is 0 Å². The SMILES string of the molecule is [Ce].[Ce].[Ce].[Ce].[Ce].[Ge].[Ge].[Ge]. The molecule has 12 radical (unpaired) electrons. The molecule has 0 spiro atoms. The summed E-state index contributed by atoms with van der Waals surface area (Å²) in [7, 11) is 0. The molecule has 0 aliphatic carbocycles. The first kappa shape index (κ1) is 54.8. The van der Waals surface area contributed by atoms with E-state index in [4.69, 9.17) is 0 Å². The molecule has 0 aliphatic rings. The summed E-state index contributed by atoms with van der Waals surface area (Å²) in [6.07, 6.45) is 0. The molecule has 0 saturated carbocycles. The largest absolute Gasteiger partial charge is 0 e. The molecule has 0 aliphatic heterocycles. The number of rotatable bonds is 0. The fourth-order valence-corrected chi connectivity index (χ4v) is 0. The third-order valence-electron chi connectivity index (χ3n) is 0. The van der Waals surface area contributed by atoms with E-state index < -0.39 is 0 Å². The molecule has 0 aromatic heterocycles. The first-order chi connectivity index (χ1) is 0. The molecule has 0 atom stereocenters. The molecule has 0 aromatic carbocycles. The molecule has 0 saturated heterocycles. The molecular formula is Ce5Ge3. The average molecular weight is 918 g/mol. The molecule has 0 heterocycles.